The van der Waals surface area contributed by atoms with E-state index in [-0.39, 0.29) is 53.8 Å². The second-order valence-corrected chi connectivity index (χ2v) is 9.71. The van der Waals surface area contributed by atoms with Gasteiger partial charge < -0.3 is 5.32 Å². The molecule has 6 heteroatoms. The summed E-state index contributed by atoms with van der Waals surface area (Å²) in [5.41, 5.74) is 0.312. The Kier molecular flexibility index (Phi) is 4.91. The molecule has 0 aromatic heterocycles. The molecule has 4 fully saturated rings. The van der Waals surface area contributed by atoms with Crippen molar-refractivity contribution in [1.29, 1.82) is 0 Å². The van der Waals surface area contributed by atoms with Gasteiger partial charge in [0.25, 0.3) is 0 Å². The summed E-state index contributed by atoms with van der Waals surface area (Å²) in [6.45, 7) is 0.548. The van der Waals surface area contributed by atoms with E-state index in [1.165, 1.54) is 11.0 Å². The average Bonchev–Trinajstić information content (AvgIpc) is 3.51. The monoisotopic (exact) mass is 412 g/mol. The molecule has 3 aliphatic carbocycles. The van der Waals surface area contributed by atoms with Gasteiger partial charge in [0.15, 0.2) is 0 Å². The number of hydrogen-bond donors (Lipinski definition) is 1. The van der Waals surface area contributed by atoms with Crippen molar-refractivity contribution >= 4 is 17.7 Å². The van der Waals surface area contributed by atoms with Gasteiger partial charge in [-0.1, -0.05) is 31.0 Å². The van der Waals surface area contributed by atoms with Crippen LogP contribution in [-0.2, 0) is 19.8 Å². The number of nitrogens with one attached hydrogen (secondary N) is 1. The van der Waals surface area contributed by atoms with Gasteiger partial charge in [-0.3, -0.25) is 19.3 Å². The predicted octanol–water partition coefficient (Wildman–Crippen LogP) is 3.17. The van der Waals surface area contributed by atoms with E-state index in [0.29, 0.717) is 23.9 Å². The first-order chi connectivity index (χ1) is 14.5. The van der Waals surface area contributed by atoms with Gasteiger partial charge in [-0.2, -0.15) is 0 Å². The van der Waals surface area contributed by atoms with Crippen molar-refractivity contribution < 1.29 is 18.8 Å². The second-order valence-electron chi connectivity index (χ2n) is 9.71. The highest BCUT2D eigenvalue weighted by Gasteiger charge is 2.60. The lowest BCUT2D eigenvalue weighted by molar-refractivity contribution is -0.141. The highest BCUT2D eigenvalue weighted by molar-refractivity contribution is 6.06. The number of hydrogen-bond acceptors (Lipinski definition) is 3. The van der Waals surface area contributed by atoms with Crippen molar-refractivity contribution in [3.8, 4) is 0 Å². The van der Waals surface area contributed by atoms with Crippen molar-refractivity contribution in [3.63, 3.8) is 0 Å². The molecule has 160 valence electrons. The van der Waals surface area contributed by atoms with Gasteiger partial charge in [0.05, 0.1) is 11.8 Å². The van der Waals surface area contributed by atoms with Crippen LogP contribution in [0.1, 0.15) is 56.9 Å². The van der Waals surface area contributed by atoms with E-state index in [4.69, 9.17) is 0 Å². The predicted molar refractivity (Wildman–Crippen MR) is 109 cm³/mol. The molecule has 5 rings (SSSR count). The Hall–Kier alpha value is -2.24. The third-order valence-electron chi connectivity index (χ3n) is 8.21. The smallest absolute Gasteiger partial charge is 0.233 e. The van der Waals surface area contributed by atoms with E-state index in [9.17, 15) is 18.8 Å². The number of carbonyl (C=O) groups is 3. The van der Waals surface area contributed by atoms with Gasteiger partial charge in [-0.15, -0.1) is 0 Å². The Balaban J connectivity index is 1.19. The molecule has 4 atom stereocenters. The third kappa shape index (κ3) is 3.07. The number of amides is 3. The molecule has 1 aromatic carbocycles. The van der Waals surface area contributed by atoms with Gasteiger partial charge in [0, 0.05) is 24.9 Å². The largest absolute Gasteiger partial charge is 0.355 e. The molecule has 4 unspecified atom stereocenters. The Bertz CT molecular complexity index is 851. The number of halogens is 1. The van der Waals surface area contributed by atoms with Crippen LogP contribution in [0.5, 0.6) is 0 Å². The van der Waals surface area contributed by atoms with Crippen LogP contribution in [0.3, 0.4) is 0 Å². The molecule has 3 amide bonds. The maximum Gasteiger partial charge on any atom is 0.233 e. The van der Waals surface area contributed by atoms with Crippen molar-refractivity contribution in [2.24, 2.45) is 23.7 Å². The molecule has 1 heterocycles. The lowest BCUT2D eigenvalue weighted by Gasteiger charge is -2.30. The zero-order valence-corrected chi connectivity index (χ0v) is 17.2. The normalized spacial score (nSPS) is 31.4. The SMILES string of the molecule is O=C(CCN1C(=O)C2C3CCC(C3)C2C1=O)NCC1(c2ccccc2F)CCCC1. The summed E-state index contributed by atoms with van der Waals surface area (Å²) in [4.78, 5) is 39.4. The van der Waals surface area contributed by atoms with E-state index in [1.807, 2.05) is 12.1 Å². The van der Waals surface area contributed by atoms with Crippen LogP contribution in [0.4, 0.5) is 4.39 Å². The number of rotatable bonds is 6. The lowest BCUT2D eigenvalue weighted by Crippen LogP contribution is -2.41. The molecule has 4 aliphatic rings. The summed E-state index contributed by atoms with van der Waals surface area (Å²) in [6.07, 6.45) is 6.97. The topological polar surface area (TPSA) is 66.5 Å². The van der Waals surface area contributed by atoms with E-state index in [1.54, 1.807) is 6.07 Å². The molecule has 30 heavy (non-hydrogen) atoms. The van der Waals surface area contributed by atoms with Gasteiger partial charge >= 0.3 is 0 Å². The summed E-state index contributed by atoms with van der Waals surface area (Å²) in [7, 11) is 0. The van der Waals surface area contributed by atoms with E-state index in [0.717, 1.165) is 44.9 Å². The molecule has 5 nitrogen and oxygen atoms in total. The number of nitrogens with zero attached hydrogens (tertiary/aromatic N) is 1. The van der Waals surface area contributed by atoms with Crippen LogP contribution >= 0.6 is 0 Å². The summed E-state index contributed by atoms with van der Waals surface area (Å²) in [5.74, 6) is -0.0886. The van der Waals surface area contributed by atoms with Crippen LogP contribution in [0, 0.1) is 29.5 Å². The molecule has 0 radical (unpaired) electrons. The minimum absolute atomic E-state index is 0.0661. The molecule has 1 saturated heterocycles. The summed E-state index contributed by atoms with van der Waals surface area (Å²) in [6, 6.07) is 6.83. The van der Waals surface area contributed by atoms with Gasteiger partial charge in [0.2, 0.25) is 17.7 Å². The number of benzene rings is 1. The van der Waals surface area contributed by atoms with Gasteiger partial charge in [-0.05, 0) is 55.6 Å². The first kappa shape index (κ1) is 19.7. The first-order valence-corrected chi connectivity index (χ1v) is 11.4. The second kappa shape index (κ2) is 7.47. The Morgan fingerprint density at radius 2 is 1.70 bits per heavy atom. The van der Waals surface area contributed by atoms with Crippen molar-refractivity contribution in [2.75, 3.05) is 13.1 Å². The third-order valence-corrected chi connectivity index (χ3v) is 8.21. The minimum Gasteiger partial charge on any atom is -0.355 e. The molecular formula is C24H29FN2O3. The molecule has 1 N–H and O–H groups in total. The first-order valence-electron chi connectivity index (χ1n) is 11.4. The molecule has 0 spiro atoms. The quantitative estimate of drug-likeness (QED) is 0.730. The fourth-order valence-corrected chi connectivity index (χ4v) is 6.74. The maximum atomic E-state index is 14.4. The van der Waals surface area contributed by atoms with Gasteiger partial charge in [-0.25, -0.2) is 4.39 Å². The zero-order valence-electron chi connectivity index (χ0n) is 17.2. The summed E-state index contributed by atoms with van der Waals surface area (Å²) >= 11 is 0. The van der Waals surface area contributed by atoms with E-state index >= 15 is 0 Å². The molecule has 2 bridgehead atoms. The highest BCUT2D eigenvalue weighted by Crippen LogP contribution is 2.56. The fraction of sp³-hybridized carbons (Fsp3) is 0.625. The molecular weight excluding hydrogens is 383 g/mol. The average molecular weight is 413 g/mol. The van der Waals surface area contributed by atoms with Crippen LogP contribution in [0.15, 0.2) is 24.3 Å². The molecule has 1 aromatic rings. The van der Waals surface area contributed by atoms with Crippen molar-refractivity contribution in [3.05, 3.63) is 35.6 Å². The maximum absolute atomic E-state index is 14.4. The Morgan fingerprint density at radius 3 is 2.33 bits per heavy atom. The van der Waals surface area contributed by atoms with Crippen molar-refractivity contribution in [2.45, 2.75) is 56.8 Å². The Morgan fingerprint density at radius 1 is 1.07 bits per heavy atom. The molecule has 3 saturated carbocycles. The van der Waals surface area contributed by atoms with E-state index in [2.05, 4.69) is 5.32 Å². The van der Waals surface area contributed by atoms with Gasteiger partial charge in [0.1, 0.15) is 5.82 Å². The summed E-state index contributed by atoms with van der Waals surface area (Å²) in [5, 5.41) is 2.97. The van der Waals surface area contributed by atoms with E-state index < -0.39 is 0 Å². The fourth-order valence-electron chi connectivity index (χ4n) is 6.74. The number of imide groups is 1. The van der Waals surface area contributed by atoms with Crippen LogP contribution in [-0.4, -0.2) is 35.7 Å². The van der Waals surface area contributed by atoms with Crippen LogP contribution < -0.4 is 5.32 Å². The van der Waals surface area contributed by atoms with Crippen molar-refractivity contribution in [1.82, 2.24) is 10.2 Å². The summed E-state index contributed by atoms with van der Waals surface area (Å²) < 4.78 is 14.4. The number of carbonyl (C=O) groups excluding carboxylic acids is 3. The Labute approximate surface area is 176 Å². The molecule has 1 aliphatic heterocycles. The zero-order chi connectivity index (χ0) is 20.9. The van der Waals surface area contributed by atoms with Crippen LogP contribution in [0.2, 0.25) is 0 Å². The minimum atomic E-state index is -0.365. The number of likely N-dealkylation sites (tertiary alicyclic amines) is 1. The highest BCUT2D eigenvalue weighted by atomic mass is 19.1. The van der Waals surface area contributed by atoms with Crippen LogP contribution in [0.25, 0.3) is 0 Å². The number of fused-ring (bicyclic) bond motifs is 5. The lowest BCUT2D eigenvalue weighted by atomic mass is 9.78. The standard InChI is InChI=1S/C24H29FN2O3/c25-18-6-2-1-5-17(18)24(10-3-4-11-24)14-26-19(28)9-12-27-22(29)20-15-7-8-16(13-15)21(20)23(27)30/h1-2,5-6,15-16,20-21H,3-4,7-14H2,(H,26,28).